The molecule has 134 valence electrons. The van der Waals surface area contributed by atoms with Crippen molar-refractivity contribution in [3.63, 3.8) is 0 Å². The third-order valence-corrected chi connectivity index (χ3v) is 4.80. The average molecular weight is 351 g/mol. The van der Waals surface area contributed by atoms with E-state index in [-0.39, 0.29) is 11.9 Å². The van der Waals surface area contributed by atoms with Crippen LogP contribution >= 0.6 is 0 Å². The zero-order valence-corrected chi connectivity index (χ0v) is 14.9. The Morgan fingerprint density at radius 1 is 1.23 bits per heavy atom. The number of amides is 1. The van der Waals surface area contributed by atoms with Gasteiger partial charge in [-0.1, -0.05) is 0 Å². The molecule has 0 spiro atoms. The van der Waals surface area contributed by atoms with E-state index < -0.39 is 0 Å². The number of hydrogen-bond acceptors (Lipinski definition) is 4. The third kappa shape index (κ3) is 2.85. The van der Waals surface area contributed by atoms with Gasteiger partial charge in [0.15, 0.2) is 0 Å². The number of carbonyl (C=O) groups is 1. The van der Waals surface area contributed by atoms with Crippen LogP contribution in [0.5, 0.6) is 5.75 Å². The lowest BCUT2D eigenvalue weighted by molar-refractivity contribution is -0.117. The van der Waals surface area contributed by atoms with Crippen molar-refractivity contribution in [2.24, 2.45) is 0 Å². The van der Waals surface area contributed by atoms with Crippen LogP contribution in [0.3, 0.4) is 0 Å². The van der Waals surface area contributed by atoms with E-state index in [1.165, 1.54) is 0 Å². The second kappa shape index (κ2) is 6.67. The predicted molar refractivity (Wildman–Crippen MR) is 98.1 cm³/mol. The molecule has 1 aromatic carbocycles. The summed E-state index contributed by atoms with van der Waals surface area (Å²) in [7, 11) is 1.63. The first kappa shape index (κ1) is 16.4. The third-order valence-electron chi connectivity index (χ3n) is 4.80. The van der Waals surface area contributed by atoms with Crippen LogP contribution in [0, 0.1) is 0 Å². The Morgan fingerprint density at radius 3 is 2.73 bits per heavy atom. The summed E-state index contributed by atoms with van der Waals surface area (Å²) < 4.78 is 9.16. The lowest BCUT2D eigenvalue weighted by Gasteiger charge is -2.18. The number of ether oxygens (including phenoxy) is 1. The van der Waals surface area contributed by atoms with Crippen molar-refractivity contribution in [1.82, 2.24) is 19.3 Å². The minimum Gasteiger partial charge on any atom is -0.497 e. The van der Waals surface area contributed by atoms with Crippen LogP contribution in [0.15, 0.2) is 49.2 Å². The smallest absolute Gasteiger partial charge is 0.229 e. The Labute approximate surface area is 151 Å². The molecule has 0 aliphatic carbocycles. The molecule has 4 rings (SSSR count). The quantitative estimate of drug-likeness (QED) is 0.709. The van der Waals surface area contributed by atoms with Crippen molar-refractivity contribution < 1.29 is 9.53 Å². The number of imidazole rings is 1. The molecule has 3 aromatic rings. The first-order chi connectivity index (χ1) is 12.7. The fraction of sp³-hybridized carbons (Fsp3) is 0.316. The fourth-order valence-electron chi connectivity index (χ4n) is 3.37. The molecule has 0 bridgehead atoms. The number of anilines is 1. The predicted octanol–water partition coefficient (Wildman–Crippen LogP) is 2.75. The number of benzene rings is 1. The fourth-order valence-corrected chi connectivity index (χ4v) is 3.37. The van der Waals surface area contributed by atoms with Crippen LogP contribution in [0.2, 0.25) is 0 Å². The summed E-state index contributed by atoms with van der Waals surface area (Å²) in [6.07, 6.45) is 7.93. The van der Waals surface area contributed by atoms with Gasteiger partial charge in [0.2, 0.25) is 5.91 Å². The second-order valence-electron chi connectivity index (χ2n) is 6.33. The Bertz CT molecular complexity index is 912. The van der Waals surface area contributed by atoms with Crippen LogP contribution in [0.25, 0.3) is 11.3 Å². The molecule has 2 aromatic heterocycles. The highest BCUT2D eigenvalue weighted by atomic mass is 16.5. The molecule has 1 aliphatic rings. The van der Waals surface area contributed by atoms with Gasteiger partial charge in [0.05, 0.1) is 37.6 Å². The Balaban J connectivity index is 1.58. The lowest BCUT2D eigenvalue weighted by Crippen LogP contribution is -2.24. The zero-order chi connectivity index (χ0) is 18.1. The van der Waals surface area contributed by atoms with E-state index in [0.717, 1.165) is 29.2 Å². The molecule has 1 aliphatic heterocycles. The van der Waals surface area contributed by atoms with Crippen molar-refractivity contribution in [3.8, 4) is 17.0 Å². The van der Waals surface area contributed by atoms with Crippen LogP contribution in [-0.2, 0) is 11.3 Å². The topological polar surface area (TPSA) is 65.2 Å². The molecule has 1 saturated heterocycles. The zero-order valence-electron chi connectivity index (χ0n) is 14.9. The van der Waals surface area contributed by atoms with Crippen LogP contribution in [0.1, 0.15) is 19.4 Å². The molecule has 0 unspecified atom stereocenters. The van der Waals surface area contributed by atoms with E-state index in [1.54, 1.807) is 13.4 Å². The van der Waals surface area contributed by atoms with Crippen molar-refractivity contribution in [1.29, 1.82) is 0 Å². The van der Waals surface area contributed by atoms with Gasteiger partial charge in [0.25, 0.3) is 0 Å². The van der Waals surface area contributed by atoms with Gasteiger partial charge in [0.1, 0.15) is 5.75 Å². The molecule has 0 N–H and O–H groups in total. The van der Waals surface area contributed by atoms with Crippen LogP contribution in [-0.4, -0.2) is 38.9 Å². The lowest BCUT2D eigenvalue weighted by atomic mass is 10.2. The van der Waals surface area contributed by atoms with Crippen LogP contribution < -0.4 is 9.64 Å². The van der Waals surface area contributed by atoms with Crippen molar-refractivity contribution in [2.75, 3.05) is 18.6 Å². The molecular weight excluding hydrogens is 330 g/mol. The monoisotopic (exact) mass is 351 g/mol. The molecule has 0 radical (unpaired) electrons. The first-order valence-corrected chi connectivity index (χ1v) is 8.68. The maximum Gasteiger partial charge on any atom is 0.229 e. The normalized spacial score (nSPS) is 17.1. The van der Waals surface area contributed by atoms with Crippen molar-refractivity contribution in [3.05, 3.63) is 49.2 Å². The van der Waals surface area contributed by atoms with E-state index in [0.29, 0.717) is 13.0 Å². The molecule has 1 fully saturated rings. The maximum absolute atomic E-state index is 12.6. The van der Waals surface area contributed by atoms with Gasteiger partial charge in [0, 0.05) is 37.0 Å². The van der Waals surface area contributed by atoms with E-state index in [1.807, 2.05) is 52.4 Å². The number of methoxy groups -OCH3 is 1. The number of aromatic nitrogens is 4. The van der Waals surface area contributed by atoms with Crippen LogP contribution in [0.4, 0.5) is 5.69 Å². The molecule has 26 heavy (non-hydrogen) atoms. The molecule has 7 nitrogen and oxygen atoms in total. The standard InChI is InChI=1S/C19H21N5O2/c1-3-22-11-14(9-21-22)18-10-20-13-24(18)16-8-19(25)23(12-16)15-4-6-17(26-2)7-5-15/h4-7,9-11,13,16H,3,8,12H2,1-2H3/t16-/m1/s1. The van der Waals surface area contributed by atoms with E-state index >= 15 is 0 Å². The summed E-state index contributed by atoms with van der Waals surface area (Å²) >= 11 is 0. The largest absolute Gasteiger partial charge is 0.497 e. The first-order valence-electron chi connectivity index (χ1n) is 8.68. The Hall–Kier alpha value is -3.09. The molecular formula is C19H21N5O2. The number of carbonyl (C=O) groups excluding carboxylic acids is 1. The Morgan fingerprint density at radius 2 is 2.04 bits per heavy atom. The maximum atomic E-state index is 12.6. The summed E-state index contributed by atoms with van der Waals surface area (Å²) in [5.41, 5.74) is 2.89. The average Bonchev–Trinajstić information content (AvgIpc) is 3.40. The highest BCUT2D eigenvalue weighted by molar-refractivity contribution is 5.96. The van der Waals surface area contributed by atoms with E-state index in [2.05, 4.69) is 21.6 Å². The molecule has 7 heteroatoms. The highest BCUT2D eigenvalue weighted by Crippen LogP contribution is 2.32. The number of nitrogens with zero attached hydrogens (tertiary/aromatic N) is 5. The van der Waals surface area contributed by atoms with Gasteiger partial charge in [-0.2, -0.15) is 5.10 Å². The van der Waals surface area contributed by atoms with E-state index in [4.69, 9.17) is 4.74 Å². The molecule has 3 heterocycles. The van der Waals surface area contributed by atoms with E-state index in [9.17, 15) is 4.79 Å². The SMILES string of the molecule is CCn1cc(-c2cncn2[C@@H]2CC(=O)N(c3ccc(OC)cc3)C2)cn1. The van der Waals surface area contributed by atoms with Gasteiger partial charge in [-0.05, 0) is 31.2 Å². The van der Waals surface area contributed by atoms with Gasteiger partial charge in [-0.25, -0.2) is 4.98 Å². The Kier molecular flexibility index (Phi) is 4.20. The summed E-state index contributed by atoms with van der Waals surface area (Å²) in [6.45, 7) is 3.49. The molecule has 1 atom stereocenters. The number of aryl methyl sites for hydroxylation is 1. The van der Waals surface area contributed by atoms with Gasteiger partial charge in [-0.15, -0.1) is 0 Å². The second-order valence-corrected chi connectivity index (χ2v) is 6.33. The summed E-state index contributed by atoms with van der Waals surface area (Å²) in [5, 5.41) is 4.34. The van der Waals surface area contributed by atoms with Crippen molar-refractivity contribution >= 4 is 11.6 Å². The summed E-state index contributed by atoms with van der Waals surface area (Å²) in [4.78, 5) is 18.7. The minimum absolute atomic E-state index is 0.0482. The van der Waals surface area contributed by atoms with Gasteiger partial charge in [-0.3, -0.25) is 9.48 Å². The summed E-state index contributed by atoms with van der Waals surface area (Å²) in [5.74, 6) is 0.894. The minimum atomic E-state index is 0.0482. The van der Waals surface area contributed by atoms with Gasteiger partial charge >= 0.3 is 0 Å². The number of hydrogen-bond donors (Lipinski definition) is 0. The molecule has 0 saturated carbocycles. The van der Waals surface area contributed by atoms with Crippen molar-refractivity contribution in [2.45, 2.75) is 25.9 Å². The number of rotatable bonds is 5. The highest BCUT2D eigenvalue weighted by Gasteiger charge is 2.32. The van der Waals surface area contributed by atoms with Gasteiger partial charge < -0.3 is 14.2 Å². The molecule has 1 amide bonds. The summed E-state index contributed by atoms with van der Waals surface area (Å²) in [6, 6.07) is 7.63.